The molecule has 1 atom stereocenters. The van der Waals surface area contributed by atoms with Gasteiger partial charge in [0.15, 0.2) is 0 Å². The summed E-state index contributed by atoms with van der Waals surface area (Å²) in [6.45, 7) is -1.40. The van der Waals surface area contributed by atoms with Gasteiger partial charge in [-0.25, -0.2) is 0 Å². The van der Waals surface area contributed by atoms with E-state index in [9.17, 15) is 13.6 Å². The number of carbonyl (C=O) groups excluding carboxylic acids is 1. The van der Waals surface area contributed by atoms with E-state index in [2.05, 4.69) is 10.1 Å². The predicted octanol–water partition coefficient (Wildman–Crippen LogP) is 1.90. The van der Waals surface area contributed by atoms with Crippen molar-refractivity contribution >= 4 is 17.5 Å². The lowest BCUT2D eigenvalue weighted by atomic mass is 10.2. The minimum atomic E-state index is -2.94. The summed E-state index contributed by atoms with van der Waals surface area (Å²) < 4.78 is 28.6. The number of carbonyl (C=O) groups is 1. The smallest absolute Gasteiger partial charge is 0.387 e. The van der Waals surface area contributed by atoms with Gasteiger partial charge in [-0.05, 0) is 25.1 Å². The van der Waals surface area contributed by atoms with E-state index in [4.69, 9.17) is 17.3 Å². The molecular formula is C11H13ClF2N2O2. The Morgan fingerprint density at radius 3 is 2.78 bits per heavy atom. The van der Waals surface area contributed by atoms with E-state index >= 15 is 0 Å². The number of halogens is 3. The maximum Gasteiger partial charge on any atom is 0.387 e. The average molecular weight is 279 g/mol. The van der Waals surface area contributed by atoms with Gasteiger partial charge in [0.2, 0.25) is 5.91 Å². The Morgan fingerprint density at radius 1 is 1.56 bits per heavy atom. The molecule has 0 unspecified atom stereocenters. The van der Waals surface area contributed by atoms with Gasteiger partial charge < -0.3 is 15.8 Å². The molecule has 3 N–H and O–H groups in total. The molecule has 18 heavy (non-hydrogen) atoms. The molecule has 0 aromatic heterocycles. The van der Waals surface area contributed by atoms with Crippen LogP contribution in [0.4, 0.5) is 8.78 Å². The Balaban J connectivity index is 2.79. The second-order valence-corrected chi connectivity index (χ2v) is 4.07. The fourth-order valence-electron chi connectivity index (χ4n) is 1.24. The fourth-order valence-corrected chi connectivity index (χ4v) is 1.44. The third-order valence-electron chi connectivity index (χ3n) is 2.11. The summed E-state index contributed by atoms with van der Waals surface area (Å²) in [7, 11) is 0. The summed E-state index contributed by atoms with van der Waals surface area (Å²) in [6, 6.07) is 3.52. The highest BCUT2D eigenvalue weighted by molar-refractivity contribution is 6.30. The molecule has 0 saturated carbocycles. The van der Waals surface area contributed by atoms with Crippen molar-refractivity contribution in [2.75, 3.05) is 0 Å². The van der Waals surface area contributed by atoms with Crippen LogP contribution >= 0.6 is 11.6 Å². The number of alkyl halides is 2. The van der Waals surface area contributed by atoms with Gasteiger partial charge in [-0.3, -0.25) is 4.79 Å². The van der Waals surface area contributed by atoms with Crippen LogP contribution in [0.15, 0.2) is 18.2 Å². The van der Waals surface area contributed by atoms with Gasteiger partial charge in [0.1, 0.15) is 5.75 Å². The van der Waals surface area contributed by atoms with E-state index in [-0.39, 0.29) is 12.3 Å². The maximum atomic E-state index is 12.2. The zero-order chi connectivity index (χ0) is 13.7. The van der Waals surface area contributed by atoms with Crippen molar-refractivity contribution in [2.45, 2.75) is 26.1 Å². The molecular weight excluding hydrogens is 266 g/mol. The van der Waals surface area contributed by atoms with Gasteiger partial charge in [-0.1, -0.05) is 11.6 Å². The van der Waals surface area contributed by atoms with Crippen molar-refractivity contribution in [1.82, 2.24) is 5.32 Å². The number of nitrogens with two attached hydrogens (primary N) is 1. The van der Waals surface area contributed by atoms with E-state index in [0.717, 1.165) is 0 Å². The summed E-state index contributed by atoms with van der Waals surface area (Å²) in [6.07, 6.45) is 0. The Morgan fingerprint density at radius 2 is 2.22 bits per heavy atom. The minimum absolute atomic E-state index is 0.0169. The van der Waals surface area contributed by atoms with Crippen LogP contribution in [0.1, 0.15) is 12.5 Å². The first-order chi connectivity index (χ1) is 8.40. The standard InChI is InChI=1S/C11H13ClF2N2O2/c1-6(15)10(17)16-5-7-4-8(12)2-3-9(7)18-11(13)14/h2-4,6,11H,5,15H2,1H3,(H,16,17)/t6-/m0/s1. The normalized spacial score (nSPS) is 12.3. The molecule has 0 bridgehead atoms. The predicted molar refractivity (Wildman–Crippen MR) is 63.6 cm³/mol. The first kappa shape index (κ1) is 14.7. The average Bonchev–Trinajstić information content (AvgIpc) is 2.28. The molecule has 0 fully saturated rings. The van der Waals surface area contributed by atoms with Crippen LogP contribution in [0.3, 0.4) is 0 Å². The molecule has 1 rings (SSSR count). The highest BCUT2D eigenvalue weighted by Crippen LogP contribution is 2.24. The summed E-state index contributed by atoms with van der Waals surface area (Å²) in [5.74, 6) is -0.419. The van der Waals surface area contributed by atoms with Crippen LogP contribution in [0, 0.1) is 0 Å². The molecule has 1 aromatic rings. The molecule has 0 spiro atoms. The molecule has 0 heterocycles. The van der Waals surface area contributed by atoms with Crippen molar-refractivity contribution in [3.63, 3.8) is 0 Å². The molecule has 0 aliphatic carbocycles. The monoisotopic (exact) mass is 278 g/mol. The second-order valence-electron chi connectivity index (χ2n) is 3.64. The van der Waals surface area contributed by atoms with Gasteiger partial charge >= 0.3 is 6.61 Å². The van der Waals surface area contributed by atoms with Gasteiger partial charge in [0, 0.05) is 17.1 Å². The summed E-state index contributed by atoms with van der Waals surface area (Å²) in [4.78, 5) is 11.3. The maximum absolute atomic E-state index is 12.2. The van der Waals surface area contributed by atoms with Gasteiger partial charge in [0.25, 0.3) is 0 Å². The lowest BCUT2D eigenvalue weighted by Gasteiger charge is -2.13. The number of hydrogen-bond acceptors (Lipinski definition) is 3. The lowest BCUT2D eigenvalue weighted by Crippen LogP contribution is -2.37. The number of nitrogens with one attached hydrogen (secondary N) is 1. The number of amides is 1. The van der Waals surface area contributed by atoms with Crippen molar-refractivity contribution in [2.24, 2.45) is 5.73 Å². The van der Waals surface area contributed by atoms with Crippen LogP contribution < -0.4 is 15.8 Å². The SMILES string of the molecule is C[C@H](N)C(=O)NCc1cc(Cl)ccc1OC(F)F. The largest absolute Gasteiger partial charge is 0.434 e. The number of hydrogen-bond donors (Lipinski definition) is 2. The highest BCUT2D eigenvalue weighted by Gasteiger charge is 2.12. The molecule has 1 amide bonds. The van der Waals surface area contributed by atoms with E-state index in [1.807, 2.05) is 0 Å². The van der Waals surface area contributed by atoms with Crippen molar-refractivity contribution in [3.05, 3.63) is 28.8 Å². The molecule has 0 aliphatic heterocycles. The molecule has 0 saturated heterocycles. The molecule has 7 heteroatoms. The molecule has 4 nitrogen and oxygen atoms in total. The Hall–Kier alpha value is -1.40. The van der Waals surface area contributed by atoms with E-state index < -0.39 is 18.6 Å². The quantitative estimate of drug-likeness (QED) is 0.865. The Labute approximate surface area is 108 Å². The highest BCUT2D eigenvalue weighted by atomic mass is 35.5. The number of benzene rings is 1. The van der Waals surface area contributed by atoms with Gasteiger partial charge in [-0.2, -0.15) is 8.78 Å². The van der Waals surface area contributed by atoms with E-state index in [1.165, 1.54) is 25.1 Å². The zero-order valence-electron chi connectivity index (χ0n) is 9.62. The zero-order valence-corrected chi connectivity index (χ0v) is 10.4. The first-order valence-corrected chi connectivity index (χ1v) is 5.54. The molecule has 1 aromatic carbocycles. The number of ether oxygens (including phenoxy) is 1. The summed E-state index contributed by atoms with van der Waals surface area (Å²) in [5, 5.41) is 2.85. The van der Waals surface area contributed by atoms with E-state index in [0.29, 0.717) is 10.6 Å². The summed E-state index contributed by atoms with van der Waals surface area (Å²) >= 11 is 5.75. The minimum Gasteiger partial charge on any atom is -0.434 e. The van der Waals surface area contributed by atoms with Crippen LogP contribution in [-0.2, 0) is 11.3 Å². The third-order valence-corrected chi connectivity index (χ3v) is 2.34. The lowest BCUT2D eigenvalue weighted by molar-refractivity contribution is -0.122. The van der Waals surface area contributed by atoms with Crippen LogP contribution in [-0.4, -0.2) is 18.6 Å². The van der Waals surface area contributed by atoms with Gasteiger partial charge in [-0.15, -0.1) is 0 Å². The Bertz CT molecular complexity index is 428. The number of rotatable bonds is 5. The first-order valence-electron chi connectivity index (χ1n) is 5.16. The molecule has 100 valence electrons. The van der Waals surface area contributed by atoms with Crippen LogP contribution in [0.25, 0.3) is 0 Å². The van der Waals surface area contributed by atoms with Crippen LogP contribution in [0.5, 0.6) is 5.75 Å². The van der Waals surface area contributed by atoms with Crippen molar-refractivity contribution in [1.29, 1.82) is 0 Å². The molecule has 0 radical (unpaired) electrons. The Kier molecular flexibility index (Phi) is 5.30. The van der Waals surface area contributed by atoms with Gasteiger partial charge in [0.05, 0.1) is 6.04 Å². The second kappa shape index (κ2) is 6.51. The fraction of sp³-hybridized carbons (Fsp3) is 0.364. The van der Waals surface area contributed by atoms with Crippen LogP contribution in [0.2, 0.25) is 5.02 Å². The summed E-state index contributed by atoms with van der Waals surface area (Å²) in [5.41, 5.74) is 5.72. The third kappa shape index (κ3) is 4.46. The van der Waals surface area contributed by atoms with Crippen molar-refractivity contribution in [3.8, 4) is 5.75 Å². The van der Waals surface area contributed by atoms with E-state index in [1.54, 1.807) is 0 Å². The topological polar surface area (TPSA) is 64.4 Å². The molecule has 0 aliphatic rings. The van der Waals surface area contributed by atoms with Crippen molar-refractivity contribution < 1.29 is 18.3 Å².